The quantitative estimate of drug-likeness (QED) is 0.186. The number of allylic oxidation sites excluding steroid dienone is 2. The van der Waals surface area contributed by atoms with Crippen molar-refractivity contribution < 1.29 is 23.0 Å². The van der Waals surface area contributed by atoms with Crippen molar-refractivity contribution in [3.8, 4) is 5.75 Å². The van der Waals surface area contributed by atoms with Crippen molar-refractivity contribution in [3.63, 3.8) is 0 Å². The number of benzene rings is 2. The van der Waals surface area contributed by atoms with E-state index in [2.05, 4.69) is 31.0 Å². The van der Waals surface area contributed by atoms with Crippen LogP contribution in [-0.4, -0.2) is 23.0 Å². The van der Waals surface area contributed by atoms with E-state index in [9.17, 15) is 18.3 Å². The van der Waals surface area contributed by atoms with E-state index < -0.39 is 17.3 Å². The number of hydrogen-bond donors (Lipinski definition) is 2. The number of hydrogen-bond acceptors (Lipinski definition) is 5. The summed E-state index contributed by atoms with van der Waals surface area (Å²) in [5, 5.41) is 16.4. The summed E-state index contributed by atoms with van der Waals surface area (Å²) in [7, 11) is 0. The summed E-state index contributed by atoms with van der Waals surface area (Å²) in [4.78, 5) is 1.17. The third-order valence-electron chi connectivity index (χ3n) is 6.24. The SMILES string of the molecule is C=C(O)C(C)(C)Oc1cc(C)c(SCCNC2=CCC(C)C(c3ccc(C(F)(F)F)cc3)=CS2)cc1C. The highest BCUT2D eigenvalue weighted by molar-refractivity contribution is 8.05. The number of aryl methyl sites for hydroxylation is 2. The number of thioether (sulfide) groups is 2. The molecule has 0 bridgehead atoms. The Kier molecular flexibility index (Phi) is 9.40. The molecule has 1 heterocycles. The summed E-state index contributed by atoms with van der Waals surface area (Å²) >= 11 is 3.33. The predicted molar refractivity (Wildman–Crippen MR) is 150 cm³/mol. The van der Waals surface area contributed by atoms with E-state index in [-0.39, 0.29) is 11.7 Å². The fourth-order valence-electron chi connectivity index (χ4n) is 3.72. The average Bonchev–Trinajstić information content (AvgIpc) is 3.00. The molecule has 0 radical (unpaired) electrons. The summed E-state index contributed by atoms with van der Waals surface area (Å²) < 4.78 is 44.7. The summed E-state index contributed by atoms with van der Waals surface area (Å²) in [6.07, 6.45) is -1.36. The van der Waals surface area contributed by atoms with Gasteiger partial charge in [-0.15, -0.1) is 11.8 Å². The third kappa shape index (κ3) is 7.77. The van der Waals surface area contributed by atoms with Gasteiger partial charge in [-0.3, -0.25) is 0 Å². The van der Waals surface area contributed by atoms with E-state index in [1.807, 2.05) is 25.3 Å². The second kappa shape index (κ2) is 11.9. The van der Waals surface area contributed by atoms with Gasteiger partial charge in [0, 0.05) is 17.2 Å². The third-order valence-corrected chi connectivity index (χ3v) is 8.33. The fourth-order valence-corrected chi connectivity index (χ4v) is 5.69. The lowest BCUT2D eigenvalue weighted by molar-refractivity contribution is -0.137. The minimum absolute atomic E-state index is 0.0181. The van der Waals surface area contributed by atoms with Crippen LogP contribution in [0.5, 0.6) is 5.75 Å². The van der Waals surface area contributed by atoms with Gasteiger partial charge in [-0.2, -0.15) is 13.2 Å². The van der Waals surface area contributed by atoms with Crippen molar-refractivity contribution in [2.75, 3.05) is 12.3 Å². The van der Waals surface area contributed by atoms with Crippen molar-refractivity contribution in [2.24, 2.45) is 5.92 Å². The summed E-state index contributed by atoms with van der Waals surface area (Å²) in [6.45, 7) is 14.0. The van der Waals surface area contributed by atoms with Gasteiger partial charge in [0.05, 0.1) is 10.6 Å². The maximum absolute atomic E-state index is 12.9. The first-order valence-electron chi connectivity index (χ1n) is 12.1. The first-order chi connectivity index (χ1) is 17.3. The van der Waals surface area contributed by atoms with Crippen molar-refractivity contribution in [2.45, 2.75) is 57.7 Å². The molecular weight excluding hydrogens is 515 g/mol. The van der Waals surface area contributed by atoms with E-state index in [1.54, 1.807) is 49.5 Å². The molecule has 0 saturated heterocycles. The Bertz CT molecular complexity index is 1180. The molecule has 2 N–H and O–H groups in total. The maximum atomic E-state index is 12.9. The van der Waals surface area contributed by atoms with Crippen molar-refractivity contribution in [1.29, 1.82) is 0 Å². The van der Waals surface area contributed by atoms with Gasteiger partial charge in [-0.05, 0) is 92.0 Å². The Morgan fingerprint density at radius 1 is 1.16 bits per heavy atom. The van der Waals surface area contributed by atoms with Crippen LogP contribution in [0.25, 0.3) is 5.57 Å². The number of aliphatic hydroxyl groups excluding tert-OH is 1. The van der Waals surface area contributed by atoms with Gasteiger partial charge in [0.2, 0.25) is 0 Å². The van der Waals surface area contributed by atoms with Gasteiger partial charge in [-0.25, -0.2) is 0 Å². The number of aliphatic hydroxyl groups is 1. The highest BCUT2D eigenvalue weighted by Gasteiger charge is 2.30. The smallest absolute Gasteiger partial charge is 0.416 e. The van der Waals surface area contributed by atoms with Crippen LogP contribution in [0, 0.1) is 19.8 Å². The molecule has 3 nitrogen and oxygen atoms in total. The summed E-state index contributed by atoms with van der Waals surface area (Å²) in [6, 6.07) is 9.51. The van der Waals surface area contributed by atoms with Crippen molar-refractivity contribution in [1.82, 2.24) is 5.32 Å². The molecule has 0 aliphatic carbocycles. The molecule has 0 spiro atoms. The second-order valence-electron chi connectivity index (χ2n) is 9.69. The predicted octanol–water partition coefficient (Wildman–Crippen LogP) is 8.89. The van der Waals surface area contributed by atoms with Gasteiger partial charge in [0.15, 0.2) is 5.60 Å². The lowest BCUT2D eigenvalue weighted by Crippen LogP contribution is -2.30. The molecule has 3 rings (SSSR count). The molecule has 2 aromatic carbocycles. The Hall–Kier alpha value is -2.45. The van der Waals surface area contributed by atoms with Crippen LogP contribution >= 0.6 is 23.5 Å². The molecule has 1 atom stereocenters. The van der Waals surface area contributed by atoms with E-state index in [0.717, 1.165) is 63.9 Å². The lowest BCUT2D eigenvalue weighted by atomic mass is 9.92. The maximum Gasteiger partial charge on any atom is 0.416 e. The molecule has 37 heavy (non-hydrogen) atoms. The summed E-state index contributed by atoms with van der Waals surface area (Å²) in [5.74, 6) is 1.78. The van der Waals surface area contributed by atoms with Crippen LogP contribution in [0.1, 0.15) is 49.4 Å². The van der Waals surface area contributed by atoms with Crippen LogP contribution in [0.4, 0.5) is 13.2 Å². The number of nitrogens with one attached hydrogen (secondary N) is 1. The second-order valence-corrected chi connectivity index (χ2v) is 11.7. The molecule has 0 aromatic heterocycles. The molecule has 200 valence electrons. The monoisotopic (exact) mass is 549 g/mol. The van der Waals surface area contributed by atoms with E-state index >= 15 is 0 Å². The number of rotatable bonds is 9. The lowest BCUT2D eigenvalue weighted by Gasteiger charge is -2.26. The molecule has 8 heteroatoms. The topological polar surface area (TPSA) is 41.5 Å². The molecule has 0 fully saturated rings. The standard InChI is InChI=1S/C29H34F3NO2S2/c1-18-7-12-27(37-17-24(18)22-8-10-23(11-9-22)29(30,31)32)33-13-14-36-26-16-19(2)25(15-20(26)3)35-28(5,6)21(4)34/h8-12,15-18,33-34H,4,7,13-14H2,1-3,5-6H3. The zero-order valence-electron chi connectivity index (χ0n) is 21.8. The van der Waals surface area contributed by atoms with Gasteiger partial charge < -0.3 is 15.2 Å². The molecule has 1 aliphatic heterocycles. The van der Waals surface area contributed by atoms with Gasteiger partial charge in [-0.1, -0.05) is 43.5 Å². The Labute approximate surface area is 226 Å². The van der Waals surface area contributed by atoms with Crippen molar-refractivity contribution >= 4 is 29.1 Å². The van der Waals surface area contributed by atoms with Gasteiger partial charge >= 0.3 is 6.18 Å². The molecule has 0 amide bonds. The molecule has 1 aliphatic rings. The Morgan fingerprint density at radius 2 is 1.84 bits per heavy atom. The van der Waals surface area contributed by atoms with Crippen molar-refractivity contribution in [3.05, 3.63) is 87.5 Å². The largest absolute Gasteiger partial charge is 0.509 e. The molecule has 1 unspecified atom stereocenters. The average molecular weight is 550 g/mol. The highest BCUT2D eigenvalue weighted by Crippen LogP contribution is 2.37. The Balaban J connectivity index is 1.55. The van der Waals surface area contributed by atoms with E-state index in [0.29, 0.717) is 0 Å². The van der Waals surface area contributed by atoms with Crippen LogP contribution < -0.4 is 10.1 Å². The molecule has 2 aromatic rings. The highest BCUT2D eigenvalue weighted by atomic mass is 32.2. The normalized spacial score (nSPS) is 16.5. The number of halogens is 3. The molecular formula is C29H34F3NO2S2. The van der Waals surface area contributed by atoms with Crippen LogP contribution in [-0.2, 0) is 6.18 Å². The zero-order chi connectivity index (χ0) is 27.4. The van der Waals surface area contributed by atoms with Crippen LogP contribution in [0.3, 0.4) is 0 Å². The first kappa shape index (κ1) is 29.1. The number of alkyl halides is 3. The zero-order valence-corrected chi connectivity index (χ0v) is 23.5. The van der Waals surface area contributed by atoms with Gasteiger partial charge in [0.25, 0.3) is 0 Å². The van der Waals surface area contributed by atoms with Gasteiger partial charge in [0.1, 0.15) is 11.5 Å². The fraction of sp³-hybridized carbons (Fsp3) is 0.379. The van der Waals surface area contributed by atoms with E-state index in [4.69, 9.17) is 4.74 Å². The first-order valence-corrected chi connectivity index (χ1v) is 13.9. The van der Waals surface area contributed by atoms with Crippen LogP contribution in [0.15, 0.2) is 70.1 Å². The number of ether oxygens (including phenoxy) is 1. The Morgan fingerprint density at radius 3 is 2.46 bits per heavy atom. The summed E-state index contributed by atoms with van der Waals surface area (Å²) in [5.41, 5.74) is 2.47. The minimum atomic E-state index is -4.33. The minimum Gasteiger partial charge on any atom is -0.509 e. The van der Waals surface area contributed by atoms with E-state index in [1.165, 1.54) is 4.90 Å². The van der Waals surface area contributed by atoms with Crippen LogP contribution in [0.2, 0.25) is 0 Å². The molecule has 0 saturated carbocycles.